The van der Waals surface area contributed by atoms with Crippen LogP contribution < -0.4 is 5.32 Å². The van der Waals surface area contributed by atoms with E-state index in [2.05, 4.69) is 10.3 Å². The minimum absolute atomic E-state index is 0.124. The summed E-state index contributed by atoms with van der Waals surface area (Å²) >= 11 is 7.77. The number of aromatic nitrogens is 1. The maximum atomic E-state index is 13.8. The van der Waals surface area contributed by atoms with Gasteiger partial charge in [-0.25, -0.2) is 22.6 Å². The molecule has 2 aromatic rings. The highest BCUT2D eigenvalue weighted by Gasteiger charge is 2.39. The molecule has 2 aliphatic rings. The number of nitriles is 1. The molecule has 0 saturated heterocycles. The third kappa shape index (κ3) is 5.85. The molecule has 1 fully saturated rings. The van der Waals surface area contributed by atoms with Gasteiger partial charge in [0.15, 0.2) is 10.8 Å². The lowest BCUT2D eigenvalue weighted by atomic mass is 9.80. The molecule has 0 amide bonds. The Bertz CT molecular complexity index is 1380. The minimum Gasteiger partial charge on any atom is -0.466 e. The minimum atomic E-state index is -3.55. The number of rotatable bonds is 7. The highest BCUT2D eigenvalue weighted by molar-refractivity contribution is 7.88. The molecule has 1 saturated carbocycles. The van der Waals surface area contributed by atoms with Crippen LogP contribution in [0.15, 0.2) is 46.0 Å². The first-order chi connectivity index (χ1) is 17.6. The SMILES string of the molecule is COC(=O)C1=C([C@H]2CC[C@H](N(CC#N)S(C)(=O)=O)CC2)NC(c2nccs2)=NC1c1ccc(F)cc1Cl. The van der Waals surface area contributed by atoms with E-state index in [1.807, 2.05) is 6.07 Å². The van der Waals surface area contributed by atoms with Crippen molar-refractivity contribution in [3.63, 3.8) is 0 Å². The van der Waals surface area contributed by atoms with Gasteiger partial charge in [-0.2, -0.15) is 9.57 Å². The molecule has 196 valence electrons. The van der Waals surface area contributed by atoms with E-state index in [4.69, 9.17) is 26.6 Å². The number of sulfonamides is 1. The number of halogens is 2. The van der Waals surface area contributed by atoms with Crippen molar-refractivity contribution in [2.24, 2.45) is 10.9 Å². The third-order valence-corrected chi connectivity index (χ3v) is 8.92. The molecule has 9 nitrogen and oxygen atoms in total. The lowest BCUT2D eigenvalue weighted by molar-refractivity contribution is -0.136. The molecule has 1 aliphatic carbocycles. The van der Waals surface area contributed by atoms with E-state index in [0.29, 0.717) is 47.8 Å². The molecule has 0 spiro atoms. The van der Waals surface area contributed by atoms with Crippen LogP contribution in [0.2, 0.25) is 5.02 Å². The highest BCUT2D eigenvalue weighted by atomic mass is 35.5. The van der Waals surface area contributed by atoms with Crippen molar-refractivity contribution in [2.45, 2.75) is 37.8 Å². The largest absolute Gasteiger partial charge is 0.466 e. The van der Waals surface area contributed by atoms with Gasteiger partial charge in [-0.05, 0) is 43.7 Å². The van der Waals surface area contributed by atoms with Gasteiger partial charge < -0.3 is 10.1 Å². The zero-order valence-corrected chi connectivity index (χ0v) is 22.5. The van der Waals surface area contributed by atoms with Crippen LogP contribution in [0.1, 0.15) is 42.3 Å². The molecule has 0 bridgehead atoms. The smallest absolute Gasteiger partial charge is 0.338 e. The van der Waals surface area contributed by atoms with Gasteiger partial charge in [-0.3, -0.25) is 4.99 Å². The fourth-order valence-corrected chi connectivity index (χ4v) is 6.76. The summed E-state index contributed by atoms with van der Waals surface area (Å²) in [6, 6.07) is 4.69. The summed E-state index contributed by atoms with van der Waals surface area (Å²) in [4.78, 5) is 22.2. The number of carbonyl (C=O) groups excluding carboxylic acids is 1. The number of ether oxygens (including phenoxy) is 1. The van der Waals surface area contributed by atoms with E-state index in [-0.39, 0.29) is 29.1 Å². The van der Waals surface area contributed by atoms with Gasteiger partial charge >= 0.3 is 5.97 Å². The number of aliphatic imine (C=N–C) groups is 1. The summed E-state index contributed by atoms with van der Waals surface area (Å²) in [7, 11) is -2.27. The van der Waals surface area contributed by atoms with E-state index in [1.54, 1.807) is 11.6 Å². The average Bonchev–Trinajstić information content (AvgIpc) is 3.41. The average molecular weight is 566 g/mol. The molecule has 1 aliphatic heterocycles. The van der Waals surface area contributed by atoms with E-state index in [0.717, 1.165) is 6.26 Å². The predicted octanol–water partition coefficient (Wildman–Crippen LogP) is 3.80. The van der Waals surface area contributed by atoms with Gasteiger partial charge in [0.25, 0.3) is 0 Å². The van der Waals surface area contributed by atoms with E-state index in [9.17, 15) is 17.6 Å². The second-order valence-electron chi connectivity index (χ2n) is 8.80. The molecule has 2 heterocycles. The summed E-state index contributed by atoms with van der Waals surface area (Å²) in [5, 5.41) is 15.0. The maximum Gasteiger partial charge on any atom is 0.338 e. The Hall–Kier alpha value is -2.85. The Kier molecular flexibility index (Phi) is 8.28. The fraction of sp³-hybridized carbons (Fsp3) is 0.417. The van der Waals surface area contributed by atoms with E-state index < -0.39 is 27.9 Å². The maximum absolute atomic E-state index is 13.8. The number of hydrogen-bond acceptors (Lipinski definition) is 9. The van der Waals surface area contributed by atoms with Crippen LogP contribution >= 0.6 is 22.9 Å². The Morgan fingerprint density at radius 2 is 2.08 bits per heavy atom. The van der Waals surface area contributed by atoms with Crippen molar-refractivity contribution in [2.75, 3.05) is 19.9 Å². The fourth-order valence-electron chi connectivity index (χ4n) is 4.86. The first-order valence-corrected chi connectivity index (χ1v) is 14.6. The molecule has 0 radical (unpaired) electrons. The van der Waals surface area contributed by atoms with Crippen molar-refractivity contribution >= 4 is 44.8 Å². The van der Waals surface area contributed by atoms with Gasteiger partial charge in [0.05, 0.1) is 25.0 Å². The molecule has 1 aromatic carbocycles. The first-order valence-electron chi connectivity index (χ1n) is 11.5. The van der Waals surface area contributed by atoms with Gasteiger partial charge in [0, 0.05) is 33.9 Å². The number of thiazole rings is 1. The zero-order chi connectivity index (χ0) is 26.7. The van der Waals surface area contributed by atoms with Crippen LogP contribution in [0.5, 0.6) is 0 Å². The number of carbonyl (C=O) groups is 1. The van der Waals surface area contributed by atoms with Crippen LogP contribution in [0.3, 0.4) is 0 Å². The third-order valence-electron chi connectivity index (χ3n) is 6.54. The normalized spacial score (nSPS) is 22.3. The van der Waals surface area contributed by atoms with Crippen LogP contribution in [0.4, 0.5) is 4.39 Å². The lowest BCUT2D eigenvalue weighted by Crippen LogP contribution is -2.44. The predicted molar refractivity (Wildman–Crippen MR) is 138 cm³/mol. The monoisotopic (exact) mass is 565 g/mol. The van der Waals surface area contributed by atoms with E-state index >= 15 is 0 Å². The number of esters is 1. The number of hydrogen-bond donors (Lipinski definition) is 1. The molecule has 1 atom stereocenters. The molecule has 1 N–H and O–H groups in total. The number of benzene rings is 1. The Labute approximate surface area is 223 Å². The summed E-state index contributed by atoms with van der Waals surface area (Å²) < 4.78 is 44.7. The standard InChI is InChI=1S/C24H25ClFN5O4S2/c1-35-24(32)19-20(14-3-6-16(7-4-14)31(11-9-27)37(2,33)34)29-22(23-28-10-12-36-23)30-21(19)17-8-5-15(26)13-18(17)25/h5,8,10,12-14,16,21H,3-4,6-7,11H2,1-2H3,(H,29,30)/t14-,16-,21?. The topological polar surface area (TPSA) is 125 Å². The Morgan fingerprint density at radius 3 is 2.65 bits per heavy atom. The lowest BCUT2D eigenvalue weighted by Gasteiger charge is -2.37. The van der Waals surface area contributed by atoms with Crippen LogP contribution in [-0.4, -0.2) is 55.5 Å². The number of nitrogens with one attached hydrogen (secondary N) is 1. The van der Waals surface area contributed by atoms with Crippen molar-refractivity contribution in [3.05, 3.63) is 62.5 Å². The molecule has 4 rings (SSSR count). The Morgan fingerprint density at radius 1 is 1.35 bits per heavy atom. The van der Waals surface area contributed by atoms with Crippen molar-refractivity contribution in [1.82, 2.24) is 14.6 Å². The van der Waals surface area contributed by atoms with Crippen molar-refractivity contribution in [1.29, 1.82) is 5.26 Å². The summed E-state index contributed by atoms with van der Waals surface area (Å²) in [6.07, 6.45) is 4.86. The highest BCUT2D eigenvalue weighted by Crippen LogP contribution is 2.41. The van der Waals surface area contributed by atoms with Crippen molar-refractivity contribution < 1.29 is 22.3 Å². The quantitative estimate of drug-likeness (QED) is 0.400. The number of nitrogens with zero attached hydrogens (tertiary/aromatic N) is 4. The molecule has 1 aromatic heterocycles. The molecule has 37 heavy (non-hydrogen) atoms. The molecular formula is C24H25ClFN5O4S2. The Balaban J connectivity index is 1.75. The second-order valence-corrected chi connectivity index (χ2v) is 12.0. The number of amidine groups is 1. The number of allylic oxidation sites excluding steroid dienone is 1. The van der Waals surface area contributed by atoms with Crippen LogP contribution in [0.25, 0.3) is 0 Å². The van der Waals surface area contributed by atoms with Crippen LogP contribution in [-0.2, 0) is 19.6 Å². The van der Waals surface area contributed by atoms with Crippen LogP contribution in [0, 0.1) is 23.1 Å². The summed E-state index contributed by atoms with van der Waals surface area (Å²) in [5.74, 6) is -0.811. The molecular weight excluding hydrogens is 541 g/mol. The zero-order valence-electron chi connectivity index (χ0n) is 20.1. The molecule has 1 unspecified atom stereocenters. The van der Waals surface area contributed by atoms with E-state index in [1.165, 1.54) is 41.0 Å². The van der Waals surface area contributed by atoms with Crippen molar-refractivity contribution in [3.8, 4) is 6.07 Å². The summed E-state index contributed by atoms with van der Waals surface area (Å²) in [6.45, 7) is -0.214. The van der Waals surface area contributed by atoms with Gasteiger partial charge in [-0.1, -0.05) is 17.7 Å². The molecule has 13 heteroatoms. The summed E-state index contributed by atoms with van der Waals surface area (Å²) in [5.41, 5.74) is 1.31. The second kappa shape index (κ2) is 11.3. The van der Waals surface area contributed by atoms with Gasteiger partial charge in [0.2, 0.25) is 10.0 Å². The van der Waals surface area contributed by atoms with Gasteiger partial charge in [-0.15, -0.1) is 11.3 Å². The first kappa shape index (κ1) is 27.2. The van der Waals surface area contributed by atoms with Gasteiger partial charge in [0.1, 0.15) is 18.4 Å². The number of methoxy groups -OCH3 is 1.